The van der Waals surface area contributed by atoms with Crippen molar-refractivity contribution in [1.82, 2.24) is 5.32 Å². The summed E-state index contributed by atoms with van der Waals surface area (Å²) >= 11 is 0. The average Bonchev–Trinajstić information content (AvgIpc) is 2.86. The first-order valence-corrected chi connectivity index (χ1v) is 6.30. The second-order valence-electron chi connectivity index (χ2n) is 4.45. The number of ether oxygens (including phenoxy) is 1. The summed E-state index contributed by atoms with van der Waals surface area (Å²) in [5, 5.41) is 3.07. The minimum absolute atomic E-state index is 0.746. The van der Waals surface area contributed by atoms with Gasteiger partial charge in [-0.15, -0.1) is 0 Å². The summed E-state index contributed by atoms with van der Waals surface area (Å²) in [7, 11) is 5.62. The van der Waals surface area contributed by atoms with Crippen LogP contribution in [0.2, 0.25) is 0 Å². The molecule has 1 N–H and O–H groups in total. The number of nitrogens with zero attached hydrogens (tertiary/aromatic N) is 1. The van der Waals surface area contributed by atoms with Crippen molar-refractivity contribution < 1.29 is 9.15 Å². The fraction of sp³-hybridized carbons (Fsp3) is 0.333. The lowest BCUT2D eigenvalue weighted by Gasteiger charge is -2.18. The fourth-order valence-corrected chi connectivity index (χ4v) is 1.94. The highest BCUT2D eigenvalue weighted by Crippen LogP contribution is 2.20. The molecule has 4 heteroatoms. The lowest BCUT2D eigenvalue weighted by atomic mass is 10.2. The molecular formula is C15H20N2O2. The van der Waals surface area contributed by atoms with Crippen molar-refractivity contribution >= 4 is 5.69 Å². The summed E-state index contributed by atoms with van der Waals surface area (Å²) in [6.07, 6.45) is 0. The summed E-state index contributed by atoms with van der Waals surface area (Å²) in [6, 6.07) is 12.0. The van der Waals surface area contributed by atoms with Gasteiger partial charge in [0.1, 0.15) is 17.3 Å². The first kappa shape index (κ1) is 13.5. The number of hydrogen-bond acceptors (Lipinski definition) is 4. The van der Waals surface area contributed by atoms with E-state index < -0.39 is 0 Å². The van der Waals surface area contributed by atoms with Crippen molar-refractivity contribution in [2.75, 3.05) is 26.1 Å². The largest absolute Gasteiger partial charge is 0.497 e. The maximum absolute atomic E-state index is 5.73. The Morgan fingerprint density at radius 3 is 2.42 bits per heavy atom. The number of methoxy groups -OCH3 is 1. The molecule has 2 rings (SSSR count). The number of furan rings is 1. The molecule has 0 amide bonds. The molecule has 0 saturated heterocycles. The molecule has 1 heterocycles. The normalized spacial score (nSPS) is 10.5. The van der Waals surface area contributed by atoms with Crippen molar-refractivity contribution in [3.63, 3.8) is 0 Å². The summed E-state index contributed by atoms with van der Waals surface area (Å²) in [4.78, 5) is 2.14. The van der Waals surface area contributed by atoms with Crippen molar-refractivity contribution in [2.24, 2.45) is 0 Å². The van der Waals surface area contributed by atoms with E-state index in [1.807, 2.05) is 50.5 Å². The van der Waals surface area contributed by atoms with Crippen LogP contribution in [0.1, 0.15) is 11.5 Å². The Balaban J connectivity index is 2.00. The molecule has 102 valence electrons. The number of benzene rings is 1. The van der Waals surface area contributed by atoms with Gasteiger partial charge in [-0.25, -0.2) is 0 Å². The standard InChI is InChI=1S/C15H20N2O2/c1-16-10-14-8-9-15(19-14)11-17(2)12-4-6-13(18-3)7-5-12/h4-9,16H,10-11H2,1-3H3. The summed E-state index contributed by atoms with van der Waals surface area (Å²) in [5.41, 5.74) is 1.13. The van der Waals surface area contributed by atoms with Gasteiger partial charge in [0.25, 0.3) is 0 Å². The Bertz CT molecular complexity index is 505. The SMILES string of the molecule is CNCc1ccc(CN(C)c2ccc(OC)cc2)o1. The van der Waals surface area contributed by atoms with Gasteiger partial charge >= 0.3 is 0 Å². The van der Waals surface area contributed by atoms with E-state index in [0.29, 0.717) is 0 Å². The number of anilines is 1. The van der Waals surface area contributed by atoms with E-state index in [0.717, 1.165) is 36.0 Å². The molecule has 4 nitrogen and oxygen atoms in total. The lowest BCUT2D eigenvalue weighted by molar-refractivity contribution is 0.415. The van der Waals surface area contributed by atoms with Crippen LogP contribution in [0.25, 0.3) is 0 Å². The highest BCUT2D eigenvalue weighted by atomic mass is 16.5. The van der Waals surface area contributed by atoms with Gasteiger partial charge in [0.05, 0.1) is 20.2 Å². The first-order valence-electron chi connectivity index (χ1n) is 6.30. The number of nitrogens with one attached hydrogen (secondary N) is 1. The zero-order valence-electron chi connectivity index (χ0n) is 11.6. The molecular weight excluding hydrogens is 240 g/mol. The third kappa shape index (κ3) is 3.51. The first-order chi connectivity index (χ1) is 9.22. The van der Waals surface area contributed by atoms with Crippen LogP contribution in [-0.4, -0.2) is 21.2 Å². The predicted octanol–water partition coefficient (Wildman–Crippen LogP) is 2.64. The molecule has 0 aliphatic heterocycles. The molecule has 1 aromatic heterocycles. The lowest BCUT2D eigenvalue weighted by Crippen LogP contribution is -2.15. The summed E-state index contributed by atoms with van der Waals surface area (Å²) in [6.45, 7) is 1.50. The summed E-state index contributed by atoms with van der Waals surface area (Å²) in [5.74, 6) is 2.79. The van der Waals surface area contributed by atoms with E-state index in [1.165, 1.54) is 0 Å². The second kappa shape index (κ2) is 6.29. The molecule has 0 fully saturated rings. The molecule has 0 radical (unpaired) electrons. The Hall–Kier alpha value is -1.94. The maximum atomic E-state index is 5.73. The zero-order valence-corrected chi connectivity index (χ0v) is 11.6. The molecule has 0 bridgehead atoms. The zero-order chi connectivity index (χ0) is 13.7. The van der Waals surface area contributed by atoms with Crippen LogP contribution in [0.3, 0.4) is 0 Å². The topological polar surface area (TPSA) is 37.6 Å². The second-order valence-corrected chi connectivity index (χ2v) is 4.45. The molecule has 0 saturated carbocycles. The Kier molecular flexibility index (Phi) is 4.47. The molecule has 2 aromatic rings. The smallest absolute Gasteiger partial charge is 0.123 e. The van der Waals surface area contributed by atoms with Crippen LogP contribution in [0.5, 0.6) is 5.75 Å². The van der Waals surface area contributed by atoms with Crippen molar-refractivity contribution in [3.8, 4) is 5.75 Å². The van der Waals surface area contributed by atoms with E-state index in [2.05, 4.69) is 10.2 Å². The van der Waals surface area contributed by atoms with Crippen LogP contribution in [0, 0.1) is 0 Å². The fourth-order valence-electron chi connectivity index (χ4n) is 1.94. The van der Waals surface area contributed by atoms with Gasteiger partial charge in [-0.3, -0.25) is 0 Å². The van der Waals surface area contributed by atoms with Gasteiger partial charge in [-0.2, -0.15) is 0 Å². The van der Waals surface area contributed by atoms with Crippen LogP contribution in [0.4, 0.5) is 5.69 Å². The number of rotatable bonds is 6. The minimum atomic E-state index is 0.746. The minimum Gasteiger partial charge on any atom is -0.497 e. The average molecular weight is 260 g/mol. The van der Waals surface area contributed by atoms with Crippen LogP contribution in [0.15, 0.2) is 40.8 Å². The third-order valence-corrected chi connectivity index (χ3v) is 2.97. The van der Waals surface area contributed by atoms with E-state index in [-0.39, 0.29) is 0 Å². The van der Waals surface area contributed by atoms with Gasteiger partial charge in [0.15, 0.2) is 0 Å². The monoisotopic (exact) mass is 260 g/mol. The van der Waals surface area contributed by atoms with Gasteiger partial charge in [0.2, 0.25) is 0 Å². The molecule has 0 unspecified atom stereocenters. The van der Waals surface area contributed by atoms with E-state index >= 15 is 0 Å². The summed E-state index contributed by atoms with van der Waals surface area (Å²) < 4.78 is 10.9. The molecule has 0 atom stereocenters. The van der Waals surface area contributed by atoms with Crippen molar-refractivity contribution in [3.05, 3.63) is 47.9 Å². The Labute approximate surface area is 114 Å². The quantitative estimate of drug-likeness (QED) is 0.866. The Morgan fingerprint density at radius 1 is 1.11 bits per heavy atom. The maximum Gasteiger partial charge on any atom is 0.123 e. The van der Waals surface area contributed by atoms with Crippen LogP contribution < -0.4 is 15.0 Å². The molecule has 19 heavy (non-hydrogen) atoms. The van der Waals surface area contributed by atoms with E-state index in [1.54, 1.807) is 7.11 Å². The van der Waals surface area contributed by atoms with Gasteiger partial charge < -0.3 is 19.4 Å². The highest BCUT2D eigenvalue weighted by molar-refractivity contribution is 5.48. The highest BCUT2D eigenvalue weighted by Gasteiger charge is 2.06. The van der Waals surface area contributed by atoms with Crippen LogP contribution >= 0.6 is 0 Å². The molecule has 1 aromatic carbocycles. The van der Waals surface area contributed by atoms with Crippen LogP contribution in [-0.2, 0) is 13.1 Å². The predicted molar refractivity (Wildman–Crippen MR) is 76.6 cm³/mol. The van der Waals surface area contributed by atoms with Gasteiger partial charge in [0, 0.05) is 12.7 Å². The molecule has 0 aliphatic carbocycles. The van der Waals surface area contributed by atoms with E-state index in [4.69, 9.17) is 9.15 Å². The molecule has 0 aliphatic rings. The van der Waals surface area contributed by atoms with Crippen molar-refractivity contribution in [1.29, 1.82) is 0 Å². The van der Waals surface area contributed by atoms with Gasteiger partial charge in [-0.1, -0.05) is 0 Å². The Morgan fingerprint density at radius 2 is 1.79 bits per heavy atom. The third-order valence-electron chi connectivity index (χ3n) is 2.97. The van der Waals surface area contributed by atoms with Gasteiger partial charge in [-0.05, 0) is 43.4 Å². The van der Waals surface area contributed by atoms with Crippen molar-refractivity contribution in [2.45, 2.75) is 13.1 Å². The van der Waals surface area contributed by atoms with E-state index in [9.17, 15) is 0 Å². The number of hydrogen-bond donors (Lipinski definition) is 1. The molecule has 0 spiro atoms.